The molecule has 4 rings (SSSR count). The number of rotatable bonds is 10. The van der Waals surface area contributed by atoms with Gasteiger partial charge < -0.3 is 24.6 Å². The van der Waals surface area contributed by atoms with Gasteiger partial charge in [-0.15, -0.1) is 0 Å². The van der Waals surface area contributed by atoms with Gasteiger partial charge in [0.1, 0.15) is 5.75 Å². The minimum atomic E-state index is -0.525. The quantitative estimate of drug-likeness (QED) is 0.474. The van der Waals surface area contributed by atoms with Crippen LogP contribution >= 0.6 is 11.8 Å². The van der Waals surface area contributed by atoms with E-state index >= 15 is 0 Å². The molecule has 0 bridgehead atoms. The van der Waals surface area contributed by atoms with Crippen molar-refractivity contribution < 1.29 is 19.1 Å². The summed E-state index contributed by atoms with van der Waals surface area (Å²) in [5.74, 6) is 0.195. The summed E-state index contributed by atoms with van der Waals surface area (Å²) in [7, 11) is 5.54. The Kier molecular flexibility index (Phi) is 8.68. The van der Waals surface area contributed by atoms with Gasteiger partial charge >= 0.3 is 5.97 Å². The summed E-state index contributed by atoms with van der Waals surface area (Å²) in [5.41, 5.74) is 3.48. The molecule has 194 valence electrons. The zero-order valence-corrected chi connectivity index (χ0v) is 22.4. The van der Waals surface area contributed by atoms with Crippen molar-refractivity contribution in [3.63, 3.8) is 0 Å². The van der Waals surface area contributed by atoms with Gasteiger partial charge in [-0.3, -0.25) is 4.79 Å². The van der Waals surface area contributed by atoms with E-state index in [-0.39, 0.29) is 18.9 Å². The first-order valence-electron chi connectivity index (χ1n) is 12.2. The molecule has 0 aliphatic carbocycles. The molecule has 9 heteroatoms. The van der Waals surface area contributed by atoms with Gasteiger partial charge in [-0.25, -0.2) is 9.79 Å². The minimum Gasteiger partial charge on any atom is -0.497 e. The second-order valence-electron chi connectivity index (χ2n) is 8.85. The third-order valence-corrected chi connectivity index (χ3v) is 6.90. The van der Waals surface area contributed by atoms with Crippen molar-refractivity contribution in [1.82, 2.24) is 15.1 Å². The Morgan fingerprint density at radius 3 is 2.49 bits per heavy atom. The molecular weight excluding hydrogens is 488 g/mol. The van der Waals surface area contributed by atoms with Crippen molar-refractivity contribution in [1.29, 1.82) is 0 Å². The monoisotopic (exact) mass is 520 g/mol. The first-order chi connectivity index (χ1) is 17.9. The number of aliphatic imine (C=N–C) groups is 1. The number of benzene rings is 2. The van der Waals surface area contributed by atoms with E-state index in [2.05, 4.69) is 5.32 Å². The van der Waals surface area contributed by atoms with Crippen LogP contribution in [0.4, 0.5) is 0 Å². The zero-order chi connectivity index (χ0) is 26.4. The number of amides is 1. The van der Waals surface area contributed by atoms with Crippen LogP contribution in [0.25, 0.3) is 5.70 Å². The first kappa shape index (κ1) is 26.5. The number of hydrogen-bond acceptors (Lipinski definition) is 8. The molecule has 2 heterocycles. The third kappa shape index (κ3) is 6.06. The normalized spacial score (nSPS) is 16.8. The fourth-order valence-electron chi connectivity index (χ4n) is 4.24. The Labute approximate surface area is 222 Å². The molecule has 0 radical (unpaired) electrons. The van der Waals surface area contributed by atoms with Gasteiger partial charge in [0, 0.05) is 24.4 Å². The molecule has 0 saturated heterocycles. The van der Waals surface area contributed by atoms with E-state index in [1.165, 1.54) is 11.8 Å². The number of methoxy groups -OCH3 is 1. The molecule has 2 aromatic rings. The minimum absolute atomic E-state index is 0.0843. The Morgan fingerprint density at radius 1 is 1.11 bits per heavy atom. The van der Waals surface area contributed by atoms with Crippen LogP contribution < -0.4 is 10.1 Å². The standard InChI is InChI=1S/C28H32N4O4S/c1-5-36-27(34)24-25(19-9-7-6-8-10-19)30-28-32(26(24)20-11-13-22(35-4)14-12-20)21(18-37-28)17-23(33)29-15-16-31(2)3/h6-14,18,26H,5,15-17H2,1-4H3,(H,29,33)/t26-/m0/s1. The van der Waals surface area contributed by atoms with E-state index < -0.39 is 12.0 Å². The number of hydrogen-bond donors (Lipinski definition) is 1. The van der Waals surface area contributed by atoms with Gasteiger partial charge in [0.25, 0.3) is 0 Å². The molecule has 0 fully saturated rings. The lowest BCUT2D eigenvalue weighted by atomic mass is 9.91. The Bertz CT molecular complexity index is 1220. The van der Waals surface area contributed by atoms with Crippen LogP contribution in [0.2, 0.25) is 0 Å². The fraction of sp³-hybridized carbons (Fsp3) is 0.321. The second-order valence-corrected chi connectivity index (χ2v) is 9.68. The molecule has 0 unspecified atom stereocenters. The van der Waals surface area contributed by atoms with Crippen molar-refractivity contribution in [2.24, 2.45) is 4.99 Å². The summed E-state index contributed by atoms with van der Waals surface area (Å²) >= 11 is 1.45. The molecule has 37 heavy (non-hydrogen) atoms. The topological polar surface area (TPSA) is 83.5 Å². The van der Waals surface area contributed by atoms with Crippen molar-refractivity contribution >= 4 is 34.5 Å². The summed E-state index contributed by atoms with van der Waals surface area (Å²) in [5, 5.41) is 5.63. The van der Waals surface area contributed by atoms with E-state index in [9.17, 15) is 9.59 Å². The zero-order valence-electron chi connectivity index (χ0n) is 21.6. The van der Waals surface area contributed by atoms with Crippen LogP contribution in [0.3, 0.4) is 0 Å². The molecular formula is C28H32N4O4S. The lowest BCUT2D eigenvalue weighted by Crippen LogP contribution is -2.38. The average molecular weight is 521 g/mol. The van der Waals surface area contributed by atoms with Gasteiger partial charge in [-0.1, -0.05) is 54.2 Å². The number of likely N-dealkylation sites (N-methyl/N-ethyl adjacent to an activating group) is 1. The number of amidine groups is 1. The maximum atomic E-state index is 13.5. The molecule has 2 aliphatic heterocycles. The molecule has 0 aromatic heterocycles. The maximum absolute atomic E-state index is 13.5. The molecule has 2 aliphatic rings. The average Bonchev–Trinajstić information content (AvgIpc) is 3.30. The molecule has 8 nitrogen and oxygen atoms in total. The van der Waals surface area contributed by atoms with Crippen molar-refractivity contribution in [2.75, 3.05) is 40.9 Å². The summed E-state index contributed by atoms with van der Waals surface area (Å²) < 4.78 is 10.9. The molecule has 1 atom stereocenters. The highest BCUT2D eigenvalue weighted by Crippen LogP contribution is 2.47. The predicted molar refractivity (Wildman–Crippen MR) is 147 cm³/mol. The van der Waals surface area contributed by atoms with E-state index in [4.69, 9.17) is 14.5 Å². The van der Waals surface area contributed by atoms with Crippen LogP contribution in [0.15, 0.2) is 76.3 Å². The van der Waals surface area contributed by atoms with Crippen LogP contribution in [0.5, 0.6) is 5.75 Å². The molecule has 1 amide bonds. The van der Waals surface area contributed by atoms with Crippen molar-refractivity contribution in [3.8, 4) is 5.75 Å². The van der Waals surface area contributed by atoms with Gasteiger partial charge in [0.2, 0.25) is 5.91 Å². The van der Waals surface area contributed by atoms with Gasteiger partial charge in [-0.05, 0) is 44.1 Å². The molecule has 1 N–H and O–H groups in total. The summed E-state index contributed by atoms with van der Waals surface area (Å²) in [4.78, 5) is 35.2. The Hall–Kier alpha value is -3.56. The van der Waals surface area contributed by atoms with Crippen molar-refractivity contribution in [2.45, 2.75) is 19.4 Å². The second kappa shape index (κ2) is 12.1. The SMILES string of the molecule is CCOC(=O)C1=C(c2ccccc2)N=C2SC=C(CC(=O)NCCN(C)C)N2[C@H]1c1ccc(OC)cc1. The Balaban J connectivity index is 1.77. The molecule has 0 spiro atoms. The fourth-order valence-corrected chi connectivity index (χ4v) is 5.15. The lowest BCUT2D eigenvalue weighted by Gasteiger charge is -2.36. The summed E-state index contributed by atoms with van der Waals surface area (Å²) in [6, 6.07) is 16.7. The highest BCUT2D eigenvalue weighted by Gasteiger charge is 2.42. The number of nitrogens with one attached hydrogen (secondary N) is 1. The smallest absolute Gasteiger partial charge is 0.338 e. The van der Waals surface area contributed by atoms with Gasteiger partial charge in [0.15, 0.2) is 5.17 Å². The Morgan fingerprint density at radius 2 is 1.84 bits per heavy atom. The van der Waals surface area contributed by atoms with E-state index in [0.717, 1.165) is 23.4 Å². The number of nitrogens with zero attached hydrogens (tertiary/aromatic N) is 3. The summed E-state index contributed by atoms with van der Waals surface area (Å²) in [6.45, 7) is 3.33. The largest absolute Gasteiger partial charge is 0.497 e. The highest BCUT2D eigenvalue weighted by atomic mass is 32.2. The number of esters is 1. The highest BCUT2D eigenvalue weighted by molar-refractivity contribution is 8.16. The summed E-state index contributed by atoms with van der Waals surface area (Å²) in [6.07, 6.45) is 0.170. The van der Waals surface area contributed by atoms with Gasteiger partial charge in [0.05, 0.1) is 37.4 Å². The number of ether oxygens (including phenoxy) is 2. The molecule has 0 saturated carbocycles. The first-order valence-corrected chi connectivity index (χ1v) is 13.1. The van der Waals surface area contributed by atoms with E-state index in [1.54, 1.807) is 14.0 Å². The van der Waals surface area contributed by atoms with Crippen LogP contribution in [-0.2, 0) is 14.3 Å². The van der Waals surface area contributed by atoms with Crippen LogP contribution in [0.1, 0.15) is 30.5 Å². The number of fused-ring (bicyclic) bond motifs is 1. The van der Waals surface area contributed by atoms with Crippen LogP contribution in [-0.4, -0.2) is 67.7 Å². The van der Waals surface area contributed by atoms with E-state index in [1.807, 2.05) is 83.9 Å². The van der Waals surface area contributed by atoms with Crippen LogP contribution in [0, 0.1) is 0 Å². The number of carbonyl (C=O) groups is 2. The maximum Gasteiger partial charge on any atom is 0.338 e. The predicted octanol–water partition coefficient (Wildman–Crippen LogP) is 4.04. The lowest BCUT2D eigenvalue weighted by molar-refractivity contribution is -0.139. The molecule has 2 aromatic carbocycles. The number of carbonyl (C=O) groups excluding carboxylic acids is 2. The number of thioether (sulfide) groups is 1. The van der Waals surface area contributed by atoms with Gasteiger partial charge in [-0.2, -0.15) is 0 Å². The van der Waals surface area contributed by atoms with Crippen molar-refractivity contribution in [3.05, 3.63) is 82.4 Å². The third-order valence-electron chi connectivity index (χ3n) is 6.01. The van der Waals surface area contributed by atoms with E-state index in [0.29, 0.717) is 28.7 Å².